The summed E-state index contributed by atoms with van der Waals surface area (Å²) in [5, 5.41) is 8.87. The van der Waals surface area contributed by atoms with Gasteiger partial charge in [-0.15, -0.1) is 11.3 Å². The first-order valence-electron chi connectivity index (χ1n) is 12.3. The predicted octanol–water partition coefficient (Wildman–Crippen LogP) is 6.74. The third kappa shape index (κ3) is 8.02. The van der Waals surface area contributed by atoms with E-state index in [-0.39, 0.29) is 11.8 Å². The first-order chi connectivity index (χ1) is 18.9. The minimum atomic E-state index is -0.370. The average molecular weight is 607 g/mol. The molecule has 9 heteroatoms. The van der Waals surface area contributed by atoms with Gasteiger partial charge in [0, 0.05) is 16.1 Å². The van der Waals surface area contributed by atoms with Gasteiger partial charge in [0.25, 0.3) is 5.91 Å². The summed E-state index contributed by atoms with van der Waals surface area (Å²) >= 11 is 5.11. The number of halogens is 1. The zero-order valence-electron chi connectivity index (χ0n) is 21.6. The van der Waals surface area contributed by atoms with Crippen LogP contribution in [0, 0.1) is 6.92 Å². The summed E-state index contributed by atoms with van der Waals surface area (Å²) in [6.45, 7) is 4.83. The largest absolute Gasteiger partial charge is 0.490 e. The molecule has 7 nitrogen and oxygen atoms in total. The van der Waals surface area contributed by atoms with Crippen LogP contribution in [0.4, 0.5) is 5.69 Å². The number of thiophene rings is 1. The fraction of sp³-hybridized carbons (Fsp3) is 0.167. The number of benzene rings is 3. The van der Waals surface area contributed by atoms with Crippen LogP contribution in [0.3, 0.4) is 0 Å². The van der Waals surface area contributed by atoms with Crippen LogP contribution in [0.25, 0.3) is 0 Å². The number of ether oxygens (including phenoxy) is 2. The molecule has 0 aliphatic rings. The van der Waals surface area contributed by atoms with Gasteiger partial charge in [0.05, 0.1) is 23.7 Å². The molecule has 0 spiro atoms. The standard InChI is InChI=1S/C30H28BrN3O4S/c1-3-37-27-16-21(15-26(31)29(27)38-19-23-8-5-4-7-20(23)2)18-32-34-30(36)22-10-12-24(13-11-22)33-28(35)17-25-9-6-14-39-25/h4-16,18H,3,17,19H2,1-2H3,(H,33,35)(H,34,36)/b32-18-. The van der Waals surface area contributed by atoms with Gasteiger partial charge in [0.15, 0.2) is 11.5 Å². The fourth-order valence-corrected chi connectivity index (χ4v) is 4.98. The Bertz CT molecular complexity index is 1450. The molecule has 2 amide bonds. The molecule has 0 unspecified atom stereocenters. The van der Waals surface area contributed by atoms with E-state index in [1.165, 1.54) is 17.6 Å². The van der Waals surface area contributed by atoms with Gasteiger partial charge in [-0.05, 0) is 94.3 Å². The molecule has 4 rings (SSSR count). The molecular weight excluding hydrogens is 578 g/mol. The Morgan fingerprint density at radius 2 is 1.82 bits per heavy atom. The molecule has 39 heavy (non-hydrogen) atoms. The molecule has 0 saturated carbocycles. The minimum Gasteiger partial charge on any atom is -0.490 e. The lowest BCUT2D eigenvalue weighted by Crippen LogP contribution is -2.18. The number of anilines is 1. The van der Waals surface area contributed by atoms with E-state index in [1.54, 1.807) is 24.3 Å². The molecule has 0 aliphatic carbocycles. The zero-order chi connectivity index (χ0) is 27.6. The third-order valence-electron chi connectivity index (χ3n) is 5.69. The van der Waals surface area contributed by atoms with Crippen molar-refractivity contribution < 1.29 is 19.1 Å². The quantitative estimate of drug-likeness (QED) is 0.146. The number of hydrogen-bond acceptors (Lipinski definition) is 6. The van der Waals surface area contributed by atoms with Crippen molar-refractivity contribution in [2.75, 3.05) is 11.9 Å². The van der Waals surface area contributed by atoms with Crippen molar-refractivity contribution in [2.45, 2.75) is 26.9 Å². The molecule has 0 saturated heterocycles. The summed E-state index contributed by atoms with van der Waals surface area (Å²) in [7, 11) is 0. The predicted molar refractivity (Wildman–Crippen MR) is 159 cm³/mol. The van der Waals surface area contributed by atoms with Crippen LogP contribution in [-0.2, 0) is 17.8 Å². The lowest BCUT2D eigenvalue weighted by Gasteiger charge is -2.15. The number of nitrogens with one attached hydrogen (secondary N) is 2. The Morgan fingerprint density at radius 1 is 1.03 bits per heavy atom. The van der Waals surface area contributed by atoms with Gasteiger partial charge in [-0.1, -0.05) is 30.3 Å². The molecule has 3 aromatic carbocycles. The maximum atomic E-state index is 12.6. The van der Waals surface area contributed by atoms with Gasteiger partial charge in [-0.2, -0.15) is 5.10 Å². The Labute approximate surface area is 240 Å². The molecule has 2 N–H and O–H groups in total. The molecule has 0 radical (unpaired) electrons. The van der Waals surface area contributed by atoms with Crippen molar-refractivity contribution in [3.05, 3.63) is 110 Å². The van der Waals surface area contributed by atoms with Crippen molar-refractivity contribution in [3.8, 4) is 11.5 Å². The number of rotatable bonds is 11. The van der Waals surface area contributed by atoms with Gasteiger partial charge >= 0.3 is 0 Å². The number of aryl methyl sites for hydroxylation is 1. The molecule has 4 aromatic rings. The number of hydrogen-bond donors (Lipinski definition) is 2. The van der Waals surface area contributed by atoms with Gasteiger partial charge in [0.2, 0.25) is 5.91 Å². The molecule has 0 bridgehead atoms. The minimum absolute atomic E-state index is 0.108. The maximum absolute atomic E-state index is 12.6. The molecule has 1 heterocycles. The zero-order valence-corrected chi connectivity index (χ0v) is 24.0. The number of carbonyl (C=O) groups is 2. The van der Waals surface area contributed by atoms with Crippen molar-refractivity contribution in [1.82, 2.24) is 5.43 Å². The van der Waals surface area contributed by atoms with E-state index < -0.39 is 0 Å². The van der Waals surface area contributed by atoms with Crippen LogP contribution in [0.2, 0.25) is 0 Å². The number of hydrazone groups is 1. The van der Waals surface area contributed by atoms with Crippen molar-refractivity contribution in [1.29, 1.82) is 0 Å². The van der Waals surface area contributed by atoms with Gasteiger partial charge in [-0.3, -0.25) is 9.59 Å². The molecule has 0 atom stereocenters. The highest BCUT2D eigenvalue weighted by atomic mass is 79.9. The topological polar surface area (TPSA) is 89.0 Å². The first-order valence-corrected chi connectivity index (χ1v) is 14.0. The van der Waals surface area contributed by atoms with Gasteiger partial charge < -0.3 is 14.8 Å². The molecule has 0 aliphatic heterocycles. The van der Waals surface area contributed by atoms with Crippen LogP contribution in [0.5, 0.6) is 11.5 Å². The molecule has 200 valence electrons. The summed E-state index contributed by atoms with van der Waals surface area (Å²) in [4.78, 5) is 25.7. The normalized spacial score (nSPS) is 10.8. The molecular formula is C30H28BrN3O4S. The van der Waals surface area contributed by atoms with Crippen LogP contribution in [0.1, 0.15) is 38.8 Å². The summed E-state index contributed by atoms with van der Waals surface area (Å²) < 4.78 is 12.6. The van der Waals surface area contributed by atoms with Crippen LogP contribution in [-0.4, -0.2) is 24.6 Å². The van der Waals surface area contributed by atoms with Crippen LogP contribution >= 0.6 is 27.3 Å². The van der Waals surface area contributed by atoms with Crippen molar-refractivity contribution in [2.24, 2.45) is 5.10 Å². The van der Waals surface area contributed by atoms with E-state index in [0.717, 1.165) is 21.6 Å². The Balaban J connectivity index is 1.35. The van der Waals surface area contributed by atoms with E-state index in [0.29, 0.717) is 46.9 Å². The van der Waals surface area contributed by atoms with Crippen LogP contribution in [0.15, 0.2) is 87.8 Å². The number of nitrogens with zero attached hydrogens (tertiary/aromatic N) is 1. The van der Waals surface area contributed by atoms with Crippen LogP contribution < -0.4 is 20.2 Å². The summed E-state index contributed by atoms with van der Waals surface area (Å²) in [6, 6.07) is 22.2. The maximum Gasteiger partial charge on any atom is 0.271 e. The second-order valence-electron chi connectivity index (χ2n) is 8.56. The first kappa shape index (κ1) is 28.1. The lowest BCUT2D eigenvalue weighted by atomic mass is 10.1. The highest BCUT2D eigenvalue weighted by molar-refractivity contribution is 9.10. The number of amides is 2. The average Bonchev–Trinajstić information content (AvgIpc) is 3.42. The number of carbonyl (C=O) groups excluding carboxylic acids is 2. The van der Waals surface area contributed by atoms with Gasteiger partial charge in [0.1, 0.15) is 6.61 Å². The van der Waals surface area contributed by atoms with Gasteiger partial charge in [-0.25, -0.2) is 5.43 Å². The highest BCUT2D eigenvalue weighted by Gasteiger charge is 2.13. The highest BCUT2D eigenvalue weighted by Crippen LogP contribution is 2.37. The smallest absolute Gasteiger partial charge is 0.271 e. The van der Waals surface area contributed by atoms with E-state index >= 15 is 0 Å². The van der Waals surface area contributed by atoms with E-state index in [1.807, 2.05) is 67.8 Å². The SMILES string of the molecule is CCOc1cc(/C=N\NC(=O)c2ccc(NC(=O)Cc3cccs3)cc2)cc(Br)c1OCc1ccccc1C. The second kappa shape index (κ2) is 13.7. The monoisotopic (exact) mass is 605 g/mol. The fourth-order valence-electron chi connectivity index (χ4n) is 3.70. The summed E-state index contributed by atoms with van der Waals surface area (Å²) in [5.74, 6) is 0.697. The Morgan fingerprint density at radius 3 is 2.54 bits per heavy atom. The molecule has 0 fully saturated rings. The summed E-state index contributed by atoms with van der Waals surface area (Å²) in [5.41, 5.74) is 6.53. The van der Waals surface area contributed by atoms with E-state index in [4.69, 9.17) is 9.47 Å². The second-order valence-corrected chi connectivity index (χ2v) is 10.4. The Kier molecular flexibility index (Phi) is 9.88. The van der Waals surface area contributed by atoms with E-state index in [2.05, 4.69) is 31.8 Å². The molecule has 1 aromatic heterocycles. The van der Waals surface area contributed by atoms with Crippen molar-refractivity contribution in [3.63, 3.8) is 0 Å². The third-order valence-corrected chi connectivity index (χ3v) is 7.16. The van der Waals surface area contributed by atoms with Crippen molar-refractivity contribution >= 4 is 51.0 Å². The van der Waals surface area contributed by atoms with E-state index in [9.17, 15) is 9.59 Å². The summed E-state index contributed by atoms with van der Waals surface area (Å²) in [6.07, 6.45) is 1.85. The Hall–Kier alpha value is -3.95. The lowest BCUT2D eigenvalue weighted by molar-refractivity contribution is -0.115.